The Labute approximate surface area is 129 Å². The maximum absolute atomic E-state index is 10.7. The molecule has 21 heavy (non-hydrogen) atoms. The van der Waals surface area contributed by atoms with E-state index in [1.165, 1.54) is 30.4 Å². The lowest BCUT2D eigenvalue weighted by atomic mass is 9.78. The normalized spacial score (nSPS) is 31.1. The van der Waals surface area contributed by atoms with Gasteiger partial charge in [-0.25, -0.2) is 0 Å². The molecule has 1 saturated heterocycles. The van der Waals surface area contributed by atoms with Crippen LogP contribution in [0, 0.1) is 18.8 Å². The van der Waals surface area contributed by atoms with Gasteiger partial charge in [-0.3, -0.25) is 4.90 Å². The van der Waals surface area contributed by atoms with Gasteiger partial charge in [-0.2, -0.15) is 0 Å². The number of hydrogen-bond acceptors (Lipinski definition) is 2. The Hall–Kier alpha value is -0.860. The second kappa shape index (κ2) is 6.10. The average Bonchev–Trinajstić information content (AvgIpc) is 2.42. The lowest BCUT2D eigenvalue weighted by Crippen LogP contribution is -2.55. The first-order chi connectivity index (χ1) is 10.0. The third-order valence-corrected chi connectivity index (χ3v) is 5.53. The zero-order chi connectivity index (χ0) is 14.9. The Balaban J connectivity index is 1.45. The fourth-order valence-corrected chi connectivity index (χ4v) is 3.96. The van der Waals surface area contributed by atoms with Gasteiger partial charge in [-0.15, -0.1) is 0 Å². The summed E-state index contributed by atoms with van der Waals surface area (Å²) in [6, 6.07) is 8.72. The molecule has 0 bridgehead atoms. The van der Waals surface area contributed by atoms with Crippen molar-refractivity contribution >= 4 is 0 Å². The van der Waals surface area contributed by atoms with Crippen molar-refractivity contribution in [1.82, 2.24) is 4.90 Å². The van der Waals surface area contributed by atoms with Crippen molar-refractivity contribution in [1.29, 1.82) is 0 Å². The van der Waals surface area contributed by atoms with E-state index >= 15 is 0 Å². The van der Waals surface area contributed by atoms with Gasteiger partial charge in [0.25, 0.3) is 0 Å². The minimum absolute atomic E-state index is 0.403. The number of rotatable bonds is 4. The van der Waals surface area contributed by atoms with Gasteiger partial charge in [0.1, 0.15) is 0 Å². The molecule has 0 unspecified atom stereocenters. The van der Waals surface area contributed by atoms with E-state index in [2.05, 4.69) is 43.0 Å². The fraction of sp³-hybridized carbons (Fsp3) is 0.684. The summed E-state index contributed by atoms with van der Waals surface area (Å²) in [7, 11) is 0. The molecule has 0 atom stereocenters. The van der Waals surface area contributed by atoms with Gasteiger partial charge in [0.05, 0.1) is 5.60 Å². The smallest absolute Gasteiger partial charge is 0.0774 e. The van der Waals surface area contributed by atoms with E-state index in [9.17, 15) is 5.11 Å². The van der Waals surface area contributed by atoms with E-state index in [1.807, 2.05) is 0 Å². The zero-order valence-electron chi connectivity index (χ0n) is 13.5. The number of β-amino-alcohol motifs (C(OH)–C–C–N with tert-alkyl or cyclic N) is 1. The molecule has 0 aromatic heterocycles. The molecular weight excluding hydrogens is 258 g/mol. The number of hydrogen-bond donors (Lipinski definition) is 1. The molecule has 1 aliphatic heterocycles. The van der Waals surface area contributed by atoms with Crippen LogP contribution in [0.4, 0.5) is 0 Å². The molecule has 1 N–H and O–H groups in total. The SMILES string of the molecule is Cc1ccccc1CC1CN(CC2(O)CCC(C)CC2)C1. The van der Waals surface area contributed by atoms with Gasteiger partial charge >= 0.3 is 0 Å². The Morgan fingerprint density at radius 3 is 2.52 bits per heavy atom. The van der Waals surface area contributed by atoms with E-state index in [0.717, 1.165) is 44.3 Å². The highest BCUT2D eigenvalue weighted by Gasteiger charge is 2.37. The van der Waals surface area contributed by atoms with Crippen molar-refractivity contribution in [3.05, 3.63) is 35.4 Å². The summed E-state index contributed by atoms with van der Waals surface area (Å²) in [6.45, 7) is 7.72. The predicted octanol–water partition coefficient (Wildman–Crippen LogP) is 3.41. The molecular formula is C19H29NO. The average molecular weight is 287 g/mol. The van der Waals surface area contributed by atoms with Gasteiger partial charge in [0.2, 0.25) is 0 Å². The molecule has 2 aliphatic rings. The summed E-state index contributed by atoms with van der Waals surface area (Å²) in [5, 5.41) is 10.7. The molecule has 1 aliphatic carbocycles. The van der Waals surface area contributed by atoms with Crippen LogP contribution in [0.25, 0.3) is 0 Å². The summed E-state index contributed by atoms with van der Waals surface area (Å²) in [6.07, 6.45) is 5.56. The Kier molecular flexibility index (Phi) is 4.37. The summed E-state index contributed by atoms with van der Waals surface area (Å²) >= 11 is 0. The Morgan fingerprint density at radius 2 is 1.86 bits per heavy atom. The van der Waals surface area contributed by atoms with Crippen LogP contribution < -0.4 is 0 Å². The van der Waals surface area contributed by atoms with Crippen molar-refractivity contribution in [2.75, 3.05) is 19.6 Å². The molecule has 2 fully saturated rings. The molecule has 1 saturated carbocycles. The molecule has 2 heteroatoms. The molecule has 2 nitrogen and oxygen atoms in total. The summed E-state index contributed by atoms with van der Waals surface area (Å²) in [4.78, 5) is 2.46. The Morgan fingerprint density at radius 1 is 1.19 bits per heavy atom. The van der Waals surface area contributed by atoms with Crippen LogP contribution in [0.1, 0.15) is 43.7 Å². The number of aryl methyl sites for hydroxylation is 1. The van der Waals surface area contributed by atoms with Gasteiger partial charge in [0.15, 0.2) is 0 Å². The van der Waals surface area contributed by atoms with E-state index in [4.69, 9.17) is 0 Å². The van der Waals surface area contributed by atoms with Crippen LogP contribution in [-0.2, 0) is 6.42 Å². The second-order valence-electron chi connectivity index (χ2n) is 7.60. The number of likely N-dealkylation sites (tertiary alicyclic amines) is 1. The van der Waals surface area contributed by atoms with Crippen LogP contribution in [0.2, 0.25) is 0 Å². The van der Waals surface area contributed by atoms with Crippen molar-refractivity contribution < 1.29 is 5.11 Å². The minimum atomic E-state index is -0.403. The first kappa shape index (κ1) is 15.1. The number of aliphatic hydroxyl groups is 1. The van der Waals surface area contributed by atoms with Gasteiger partial charge in [0, 0.05) is 19.6 Å². The first-order valence-corrected chi connectivity index (χ1v) is 8.53. The quantitative estimate of drug-likeness (QED) is 0.917. The van der Waals surface area contributed by atoms with Crippen LogP contribution in [0.5, 0.6) is 0 Å². The molecule has 116 valence electrons. The van der Waals surface area contributed by atoms with Crippen LogP contribution >= 0.6 is 0 Å². The highest BCUT2D eigenvalue weighted by Crippen LogP contribution is 2.34. The molecule has 0 radical (unpaired) electrons. The van der Waals surface area contributed by atoms with Crippen molar-refractivity contribution in [2.45, 2.75) is 51.6 Å². The summed E-state index contributed by atoms with van der Waals surface area (Å²) in [5.74, 6) is 1.58. The summed E-state index contributed by atoms with van der Waals surface area (Å²) in [5.41, 5.74) is 2.50. The van der Waals surface area contributed by atoms with Crippen LogP contribution in [-0.4, -0.2) is 35.2 Å². The maximum Gasteiger partial charge on any atom is 0.0774 e. The largest absolute Gasteiger partial charge is 0.389 e. The molecule has 1 aromatic carbocycles. The Bertz CT molecular complexity index is 470. The zero-order valence-corrected chi connectivity index (χ0v) is 13.5. The number of benzene rings is 1. The minimum Gasteiger partial charge on any atom is -0.389 e. The number of nitrogens with zero attached hydrogens (tertiary/aromatic N) is 1. The van der Waals surface area contributed by atoms with E-state index < -0.39 is 5.60 Å². The van der Waals surface area contributed by atoms with Crippen LogP contribution in [0.3, 0.4) is 0 Å². The fourth-order valence-electron chi connectivity index (χ4n) is 3.96. The molecule has 1 aromatic rings. The highest BCUT2D eigenvalue weighted by molar-refractivity contribution is 5.26. The molecule has 0 amide bonds. The van der Waals surface area contributed by atoms with Gasteiger partial charge < -0.3 is 5.11 Å². The van der Waals surface area contributed by atoms with E-state index in [-0.39, 0.29) is 0 Å². The monoisotopic (exact) mass is 287 g/mol. The standard InChI is InChI=1S/C19H29NO/c1-15-7-9-19(21,10-8-15)14-20-12-17(13-20)11-18-6-4-3-5-16(18)2/h3-6,15,17,21H,7-14H2,1-2H3. The third-order valence-electron chi connectivity index (χ3n) is 5.53. The topological polar surface area (TPSA) is 23.5 Å². The molecule has 1 heterocycles. The van der Waals surface area contributed by atoms with Crippen LogP contribution in [0.15, 0.2) is 24.3 Å². The predicted molar refractivity (Wildman–Crippen MR) is 87.4 cm³/mol. The van der Waals surface area contributed by atoms with Crippen molar-refractivity contribution in [3.8, 4) is 0 Å². The first-order valence-electron chi connectivity index (χ1n) is 8.53. The lowest BCUT2D eigenvalue weighted by Gasteiger charge is -2.46. The summed E-state index contributed by atoms with van der Waals surface area (Å²) < 4.78 is 0. The highest BCUT2D eigenvalue weighted by atomic mass is 16.3. The molecule has 3 rings (SSSR count). The van der Waals surface area contributed by atoms with Gasteiger partial charge in [-0.05, 0) is 62.0 Å². The second-order valence-corrected chi connectivity index (χ2v) is 7.60. The lowest BCUT2D eigenvalue weighted by molar-refractivity contribution is -0.0595. The van der Waals surface area contributed by atoms with Crippen molar-refractivity contribution in [2.24, 2.45) is 11.8 Å². The molecule has 0 spiro atoms. The maximum atomic E-state index is 10.7. The van der Waals surface area contributed by atoms with E-state index in [1.54, 1.807) is 0 Å². The van der Waals surface area contributed by atoms with Gasteiger partial charge in [-0.1, -0.05) is 31.2 Å². The third kappa shape index (κ3) is 3.67. The van der Waals surface area contributed by atoms with Crippen molar-refractivity contribution in [3.63, 3.8) is 0 Å². The van der Waals surface area contributed by atoms with E-state index in [0.29, 0.717) is 0 Å².